The number of rotatable bonds is 1. The quantitative estimate of drug-likeness (QED) is 0.383. The summed E-state index contributed by atoms with van der Waals surface area (Å²) in [5.41, 5.74) is 4.36. The molecule has 7 rings (SSSR count). The van der Waals surface area contributed by atoms with Crippen molar-refractivity contribution >= 4 is 32.8 Å². The Labute approximate surface area is 219 Å². The number of sulfonamides is 1. The Hall–Kier alpha value is -4.29. The minimum Gasteiger partial charge on any atom is -0.480 e. The summed E-state index contributed by atoms with van der Waals surface area (Å²) in [6.45, 7) is 2.68. The zero-order valence-electron chi connectivity index (χ0n) is 20.6. The van der Waals surface area contributed by atoms with Gasteiger partial charge in [0.15, 0.2) is 5.65 Å². The number of nitrogens with zero attached hydrogens (tertiary/aromatic N) is 5. The fourth-order valence-corrected chi connectivity index (χ4v) is 5.75. The normalized spacial score (nSPS) is 18.9. The Morgan fingerprint density at radius 2 is 1.92 bits per heavy atom. The number of amides is 1. The monoisotopic (exact) mass is 531 g/mol. The number of hydrogen-bond acceptors (Lipinski definition) is 8. The summed E-state index contributed by atoms with van der Waals surface area (Å²) >= 11 is 0. The van der Waals surface area contributed by atoms with Crippen LogP contribution in [0.2, 0.25) is 0 Å². The molecule has 12 heteroatoms. The second kappa shape index (κ2) is 9.54. The molecule has 1 amide bonds. The number of carbonyl (C=O) groups excluding carboxylic acids is 1. The van der Waals surface area contributed by atoms with E-state index in [0.717, 1.165) is 30.8 Å². The molecule has 194 valence electrons. The maximum atomic E-state index is 13.3. The SMILES string of the molecule is COc1ncc2cc1NS(=O)(=O)c1cccc(c1)C(=O)NCCN1CC=C(CC1)c1cnc3ccc-2nn13. The molecule has 1 atom stereocenters. The number of methoxy groups -OCH3 is 1. The summed E-state index contributed by atoms with van der Waals surface area (Å²) in [5, 5.41) is 7.70. The molecule has 0 saturated heterocycles. The van der Waals surface area contributed by atoms with Crippen LogP contribution in [0.4, 0.5) is 5.69 Å². The number of anilines is 1. The van der Waals surface area contributed by atoms with Crippen molar-refractivity contribution in [1.82, 2.24) is 29.8 Å². The third-order valence-electron chi connectivity index (χ3n) is 6.69. The molecule has 8 bridgehead atoms. The topological polar surface area (TPSA) is 131 Å². The zero-order valence-corrected chi connectivity index (χ0v) is 21.4. The first-order valence-electron chi connectivity index (χ1n) is 12.1. The van der Waals surface area contributed by atoms with E-state index in [0.29, 0.717) is 30.0 Å². The number of benzene rings is 1. The zero-order chi connectivity index (χ0) is 26.3. The smallest absolute Gasteiger partial charge is 0.262 e. The predicted molar refractivity (Wildman–Crippen MR) is 141 cm³/mol. The van der Waals surface area contributed by atoms with Gasteiger partial charge in [-0.05, 0) is 48.4 Å². The van der Waals surface area contributed by atoms with Gasteiger partial charge in [0.25, 0.3) is 15.9 Å². The van der Waals surface area contributed by atoms with Gasteiger partial charge in [0.2, 0.25) is 5.88 Å². The first-order chi connectivity index (χ1) is 18.4. The van der Waals surface area contributed by atoms with Crippen LogP contribution in [0, 0.1) is 0 Å². The van der Waals surface area contributed by atoms with Crippen molar-refractivity contribution in [2.45, 2.75) is 11.3 Å². The number of fused-ring (bicyclic) bond motifs is 6. The molecule has 0 radical (unpaired) electrons. The second-order valence-corrected chi connectivity index (χ2v) is 10.8. The molecule has 0 fully saturated rings. The van der Waals surface area contributed by atoms with Crippen LogP contribution >= 0.6 is 0 Å². The molecule has 3 aromatic heterocycles. The third kappa shape index (κ3) is 4.48. The van der Waals surface area contributed by atoms with Gasteiger partial charge < -0.3 is 10.1 Å². The maximum Gasteiger partial charge on any atom is 0.262 e. The molecule has 1 unspecified atom stereocenters. The molecule has 0 saturated carbocycles. The Kier molecular flexibility index (Phi) is 6.04. The van der Waals surface area contributed by atoms with E-state index < -0.39 is 10.0 Å². The van der Waals surface area contributed by atoms with Crippen molar-refractivity contribution in [3.8, 4) is 17.1 Å². The van der Waals surface area contributed by atoms with Crippen LogP contribution < -0.4 is 14.8 Å². The lowest BCUT2D eigenvalue weighted by atomic mass is 10.1. The van der Waals surface area contributed by atoms with Gasteiger partial charge in [-0.2, -0.15) is 5.10 Å². The number of hydrogen-bond donors (Lipinski definition) is 2. The summed E-state index contributed by atoms with van der Waals surface area (Å²) in [6.07, 6.45) is 6.40. The summed E-state index contributed by atoms with van der Waals surface area (Å²) < 4.78 is 36.3. The van der Waals surface area contributed by atoms with Crippen molar-refractivity contribution in [2.24, 2.45) is 0 Å². The van der Waals surface area contributed by atoms with Crippen molar-refractivity contribution in [2.75, 3.05) is 38.0 Å². The number of aromatic nitrogens is 4. The highest BCUT2D eigenvalue weighted by Gasteiger charge is 2.21. The third-order valence-corrected chi connectivity index (χ3v) is 8.05. The average Bonchev–Trinajstić information content (AvgIpc) is 3.36. The van der Waals surface area contributed by atoms with E-state index in [-0.39, 0.29) is 27.9 Å². The standard InChI is InChI=1S/C26H25N7O4S/c1-37-26-22-14-19(15-29-26)21-5-6-24-28-16-23(33(24)30-21)17-7-10-32(11-8-17)12-9-27-25(34)18-3-2-4-20(13-18)38(35,36)31-22/h2-7,13-16,31H,8-12H2,1H3,(H,27,34). The highest BCUT2D eigenvalue weighted by Crippen LogP contribution is 2.30. The van der Waals surface area contributed by atoms with Gasteiger partial charge in [0.1, 0.15) is 5.69 Å². The summed E-state index contributed by atoms with van der Waals surface area (Å²) in [6, 6.07) is 11.2. The molecular formula is C26H25N7O4S. The lowest BCUT2D eigenvalue weighted by Gasteiger charge is -2.26. The first-order valence-corrected chi connectivity index (χ1v) is 13.6. The fraction of sp³-hybridized carbons (Fsp3) is 0.231. The Morgan fingerprint density at radius 3 is 2.74 bits per heavy atom. The van der Waals surface area contributed by atoms with Crippen LogP contribution in [0.25, 0.3) is 22.5 Å². The lowest BCUT2D eigenvalue weighted by Crippen LogP contribution is -2.37. The fourth-order valence-electron chi connectivity index (χ4n) is 4.66. The van der Waals surface area contributed by atoms with Crippen LogP contribution in [0.1, 0.15) is 22.5 Å². The number of carbonyl (C=O) groups is 1. The molecule has 3 aliphatic rings. The summed E-state index contributed by atoms with van der Waals surface area (Å²) in [7, 11) is -2.65. The van der Waals surface area contributed by atoms with Gasteiger partial charge in [-0.1, -0.05) is 12.1 Å². The molecule has 0 spiro atoms. The number of pyridine rings is 1. The van der Waals surface area contributed by atoms with Crippen molar-refractivity contribution < 1.29 is 17.9 Å². The van der Waals surface area contributed by atoms with E-state index in [1.807, 2.05) is 18.3 Å². The minimum atomic E-state index is -4.06. The summed E-state index contributed by atoms with van der Waals surface area (Å²) in [4.78, 5) is 23.8. The van der Waals surface area contributed by atoms with Crippen molar-refractivity contribution in [1.29, 1.82) is 0 Å². The van der Waals surface area contributed by atoms with Gasteiger partial charge in [-0.3, -0.25) is 14.4 Å². The van der Waals surface area contributed by atoms with Crippen LogP contribution in [-0.4, -0.2) is 72.1 Å². The van der Waals surface area contributed by atoms with E-state index in [2.05, 4.69) is 31.0 Å². The van der Waals surface area contributed by atoms with Crippen LogP contribution in [0.5, 0.6) is 5.88 Å². The molecular weight excluding hydrogens is 506 g/mol. The van der Waals surface area contributed by atoms with E-state index >= 15 is 0 Å². The highest BCUT2D eigenvalue weighted by molar-refractivity contribution is 7.92. The van der Waals surface area contributed by atoms with E-state index in [1.54, 1.807) is 28.9 Å². The number of nitrogens with one attached hydrogen (secondary N) is 2. The predicted octanol–water partition coefficient (Wildman–Crippen LogP) is 2.43. The lowest BCUT2D eigenvalue weighted by molar-refractivity contribution is 0.0948. The molecule has 2 N–H and O–H groups in total. The van der Waals surface area contributed by atoms with E-state index in [1.165, 1.54) is 19.2 Å². The summed E-state index contributed by atoms with van der Waals surface area (Å²) in [5.74, 6) is -0.230. The van der Waals surface area contributed by atoms with Gasteiger partial charge in [-0.15, -0.1) is 0 Å². The molecule has 6 heterocycles. The molecule has 0 aliphatic carbocycles. The minimum absolute atomic E-state index is 0.0525. The Balaban J connectivity index is 1.48. The first kappa shape index (κ1) is 24.1. The van der Waals surface area contributed by atoms with Gasteiger partial charge in [-0.25, -0.2) is 22.9 Å². The highest BCUT2D eigenvalue weighted by atomic mass is 32.2. The molecule has 1 aromatic carbocycles. The molecule has 11 nitrogen and oxygen atoms in total. The Morgan fingerprint density at radius 1 is 1.03 bits per heavy atom. The average molecular weight is 532 g/mol. The van der Waals surface area contributed by atoms with E-state index in [4.69, 9.17) is 9.84 Å². The van der Waals surface area contributed by atoms with Crippen LogP contribution in [0.15, 0.2) is 65.8 Å². The maximum absolute atomic E-state index is 13.3. The van der Waals surface area contributed by atoms with Crippen molar-refractivity contribution in [3.05, 3.63) is 72.2 Å². The van der Waals surface area contributed by atoms with Crippen molar-refractivity contribution in [3.63, 3.8) is 0 Å². The van der Waals surface area contributed by atoms with Gasteiger partial charge in [0.05, 0.1) is 29.6 Å². The molecule has 38 heavy (non-hydrogen) atoms. The van der Waals surface area contributed by atoms with Gasteiger partial charge >= 0.3 is 0 Å². The van der Waals surface area contributed by atoms with Crippen LogP contribution in [-0.2, 0) is 10.0 Å². The van der Waals surface area contributed by atoms with Gasteiger partial charge in [0, 0.05) is 43.5 Å². The van der Waals surface area contributed by atoms with Crippen LogP contribution in [0.3, 0.4) is 0 Å². The Bertz CT molecular complexity index is 1700. The number of ether oxygens (including phenoxy) is 1. The largest absolute Gasteiger partial charge is 0.480 e. The number of imidazole rings is 1. The van der Waals surface area contributed by atoms with E-state index in [9.17, 15) is 13.2 Å². The molecule has 3 aliphatic heterocycles. The second-order valence-electron chi connectivity index (χ2n) is 9.08. The molecule has 4 aromatic rings.